The second-order valence-electron chi connectivity index (χ2n) is 4.29. The normalized spacial score (nSPS) is 12.7. The Morgan fingerprint density at radius 3 is 2.56 bits per heavy atom. The van der Waals surface area contributed by atoms with E-state index < -0.39 is 0 Å². The summed E-state index contributed by atoms with van der Waals surface area (Å²) < 4.78 is 1.24. The highest BCUT2D eigenvalue weighted by atomic mass is 127. The topological polar surface area (TPSA) is 12.0 Å². The third kappa shape index (κ3) is 2.90. The molecule has 96 valence electrons. The zero-order valence-corrected chi connectivity index (χ0v) is 14.3. The van der Waals surface area contributed by atoms with Crippen LogP contribution in [0.5, 0.6) is 0 Å². The largest absolute Gasteiger partial charge is 0.309 e. The van der Waals surface area contributed by atoms with Crippen molar-refractivity contribution in [2.45, 2.75) is 19.9 Å². The fraction of sp³-hybridized carbons (Fsp3) is 0.286. The molecule has 1 aromatic heterocycles. The molecule has 0 saturated heterocycles. The minimum Gasteiger partial charge on any atom is -0.309 e. The molecule has 0 aliphatic rings. The summed E-state index contributed by atoms with van der Waals surface area (Å²) in [7, 11) is 2.00. The number of aryl methyl sites for hydroxylation is 2. The molecule has 2 rings (SSSR count). The van der Waals surface area contributed by atoms with E-state index in [4.69, 9.17) is 11.6 Å². The van der Waals surface area contributed by atoms with Crippen LogP contribution in [0.3, 0.4) is 0 Å². The Morgan fingerprint density at radius 1 is 1.28 bits per heavy atom. The first kappa shape index (κ1) is 14.3. The molecule has 0 bridgehead atoms. The van der Waals surface area contributed by atoms with Crippen LogP contribution in [0, 0.1) is 17.4 Å². The van der Waals surface area contributed by atoms with Gasteiger partial charge in [-0.3, -0.25) is 0 Å². The second-order valence-corrected chi connectivity index (χ2v) is 7.18. The van der Waals surface area contributed by atoms with Crippen LogP contribution in [0.2, 0.25) is 5.02 Å². The summed E-state index contributed by atoms with van der Waals surface area (Å²) in [6.07, 6.45) is 0. The highest BCUT2D eigenvalue weighted by Crippen LogP contribution is 2.34. The average molecular weight is 392 g/mol. The van der Waals surface area contributed by atoms with E-state index in [0.717, 1.165) is 5.02 Å². The lowest BCUT2D eigenvalue weighted by Crippen LogP contribution is -2.18. The van der Waals surface area contributed by atoms with Crippen LogP contribution in [0.4, 0.5) is 0 Å². The molecular formula is C14H15ClINS. The van der Waals surface area contributed by atoms with Crippen molar-refractivity contribution in [2.24, 2.45) is 0 Å². The third-order valence-electron chi connectivity index (χ3n) is 2.90. The van der Waals surface area contributed by atoms with Gasteiger partial charge in [-0.05, 0) is 78.9 Å². The molecule has 0 radical (unpaired) electrons. The molecule has 1 unspecified atom stereocenters. The van der Waals surface area contributed by atoms with Crippen LogP contribution in [0.25, 0.3) is 0 Å². The van der Waals surface area contributed by atoms with Crippen LogP contribution in [0.1, 0.15) is 26.9 Å². The van der Waals surface area contributed by atoms with Crippen molar-refractivity contribution >= 4 is 45.5 Å². The van der Waals surface area contributed by atoms with E-state index in [1.807, 2.05) is 24.5 Å². The first-order valence-electron chi connectivity index (χ1n) is 5.72. The summed E-state index contributed by atoms with van der Waals surface area (Å²) in [6, 6.07) is 8.51. The summed E-state index contributed by atoms with van der Waals surface area (Å²) in [4.78, 5) is 2.72. The van der Waals surface area contributed by atoms with Gasteiger partial charge in [0.15, 0.2) is 0 Å². The van der Waals surface area contributed by atoms with Gasteiger partial charge in [0, 0.05) is 18.3 Å². The van der Waals surface area contributed by atoms with Crippen molar-refractivity contribution in [1.82, 2.24) is 5.32 Å². The van der Waals surface area contributed by atoms with E-state index in [1.165, 1.54) is 24.5 Å². The number of rotatable bonds is 3. The van der Waals surface area contributed by atoms with Gasteiger partial charge in [-0.2, -0.15) is 0 Å². The maximum absolute atomic E-state index is 6.12. The zero-order valence-electron chi connectivity index (χ0n) is 10.6. The molecule has 1 N–H and O–H groups in total. The van der Waals surface area contributed by atoms with Crippen LogP contribution < -0.4 is 5.32 Å². The molecule has 0 spiro atoms. The van der Waals surface area contributed by atoms with Gasteiger partial charge in [0.2, 0.25) is 0 Å². The Kier molecular flexibility index (Phi) is 4.69. The van der Waals surface area contributed by atoms with Gasteiger partial charge >= 0.3 is 0 Å². The molecule has 1 nitrogen and oxygen atoms in total. The van der Waals surface area contributed by atoms with Crippen LogP contribution in [0.15, 0.2) is 24.3 Å². The van der Waals surface area contributed by atoms with Crippen molar-refractivity contribution < 1.29 is 0 Å². The van der Waals surface area contributed by atoms with Crippen LogP contribution in [-0.2, 0) is 0 Å². The van der Waals surface area contributed by atoms with Gasteiger partial charge in [-0.1, -0.05) is 11.6 Å². The van der Waals surface area contributed by atoms with E-state index >= 15 is 0 Å². The molecule has 0 aliphatic carbocycles. The van der Waals surface area contributed by atoms with Crippen molar-refractivity contribution in [1.29, 1.82) is 0 Å². The third-order valence-corrected chi connectivity index (χ3v) is 5.33. The van der Waals surface area contributed by atoms with E-state index in [-0.39, 0.29) is 6.04 Å². The quantitative estimate of drug-likeness (QED) is 0.731. The SMILES string of the molecule is CNC(c1cc(Cl)ccc1I)c1sc(C)cc1C. The first-order chi connectivity index (χ1) is 8.52. The van der Waals surface area contributed by atoms with Gasteiger partial charge in [-0.25, -0.2) is 0 Å². The molecule has 1 aromatic carbocycles. The molecule has 1 atom stereocenters. The van der Waals surface area contributed by atoms with Crippen LogP contribution in [-0.4, -0.2) is 7.05 Å². The lowest BCUT2D eigenvalue weighted by molar-refractivity contribution is 0.697. The standard InChI is InChI=1S/C14H15ClINS/c1-8-6-9(2)18-14(8)13(17-3)11-7-10(15)4-5-12(11)16/h4-7,13,17H,1-3H3. The molecular weight excluding hydrogens is 377 g/mol. The summed E-state index contributed by atoms with van der Waals surface area (Å²) in [5, 5.41) is 4.19. The van der Waals surface area contributed by atoms with Gasteiger partial charge in [-0.15, -0.1) is 11.3 Å². The van der Waals surface area contributed by atoms with Gasteiger partial charge < -0.3 is 5.32 Å². The molecule has 0 amide bonds. The minimum absolute atomic E-state index is 0.217. The van der Waals surface area contributed by atoms with E-state index in [0.29, 0.717) is 0 Å². The summed E-state index contributed by atoms with van der Waals surface area (Å²) in [6.45, 7) is 4.32. The molecule has 0 fully saturated rings. The number of nitrogens with one attached hydrogen (secondary N) is 1. The molecule has 0 aliphatic heterocycles. The molecule has 0 saturated carbocycles. The summed E-state index contributed by atoms with van der Waals surface area (Å²) >= 11 is 10.3. The van der Waals surface area contributed by atoms with E-state index in [2.05, 4.69) is 60.0 Å². The van der Waals surface area contributed by atoms with E-state index in [9.17, 15) is 0 Å². The number of hydrogen-bond donors (Lipinski definition) is 1. The van der Waals surface area contributed by atoms with Gasteiger partial charge in [0.05, 0.1) is 6.04 Å². The molecule has 4 heteroatoms. The maximum atomic E-state index is 6.12. The Morgan fingerprint density at radius 2 is 2.00 bits per heavy atom. The Bertz CT molecular complexity index is 565. The van der Waals surface area contributed by atoms with Crippen molar-refractivity contribution in [3.63, 3.8) is 0 Å². The summed E-state index contributed by atoms with van der Waals surface area (Å²) in [5.41, 5.74) is 2.59. The molecule has 1 heterocycles. The zero-order chi connectivity index (χ0) is 13.3. The minimum atomic E-state index is 0.217. The first-order valence-corrected chi connectivity index (χ1v) is 7.99. The lowest BCUT2D eigenvalue weighted by atomic mass is 10.0. The molecule has 2 aromatic rings. The lowest BCUT2D eigenvalue weighted by Gasteiger charge is -2.18. The van der Waals surface area contributed by atoms with Crippen LogP contribution >= 0.6 is 45.5 Å². The molecule has 18 heavy (non-hydrogen) atoms. The highest BCUT2D eigenvalue weighted by Gasteiger charge is 2.19. The Labute approximate surface area is 131 Å². The van der Waals surface area contributed by atoms with Crippen molar-refractivity contribution in [2.75, 3.05) is 7.05 Å². The highest BCUT2D eigenvalue weighted by molar-refractivity contribution is 14.1. The number of thiophene rings is 1. The fourth-order valence-corrected chi connectivity index (χ4v) is 4.10. The fourth-order valence-electron chi connectivity index (χ4n) is 2.11. The van der Waals surface area contributed by atoms with Crippen molar-refractivity contribution in [3.8, 4) is 0 Å². The number of halogens is 2. The van der Waals surface area contributed by atoms with E-state index in [1.54, 1.807) is 0 Å². The maximum Gasteiger partial charge on any atom is 0.0682 e. The monoisotopic (exact) mass is 391 g/mol. The summed E-state index contributed by atoms with van der Waals surface area (Å²) in [5.74, 6) is 0. The Hall–Kier alpha value is -0.100. The predicted octanol–water partition coefficient (Wildman–Crippen LogP) is 4.93. The second kappa shape index (κ2) is 5.90. The van der Waals surface area contributed by atoms with Gasteiger partial charge in [0.1, 0.15) is 0 Å². The van der Waals surface area contributed by atoms with Crippen molar-refractivity contribution in [3.05, 3.63) is 53.7 Å². The average Bonchev–Trinajstić information content (AvgIpc) is 2.64. The number of hydrogen-bond acceptors (Lipinski definition) is 2. The smallest absolute Gasteiger partial charge is 0.0682 e. The number of benzene rings is 1. The van der Waals surface area contributed by atoms with Gasteiger partial charge in [0.25, 0.3) is 0 Å². The Balaban J connectivity index is 2.51. The predicted molar refractivity (Wildman–Crippen MR) is 88.9 cm³/mol.